The minimum Gasteiger partial charge on any atom is -0.333 e. The van der Waals surface area contributed by atoms with Crippen LogP contribution in [0.2, 0.25) is 0 Å². The summed E-state index contributed by atoms with van der Waals surface area (Å²) in [6.07, 6.45) is 0. The van der Waals surface area contributed by atoms with Gasteiger partial charge in [0.2, 0.25) is 0 Å². The predicted molar refractivity (Wildman–Crippen MR) is 103 cm³/mol. The molecule has 0 unspecified atom stereocenters. The number of anilines is 1. The molecule has 3 N–H and O–H groups in total. The molecule has 26 heavy (non-hydrogen) atoms. The summed E-state index contributed by atoms with van der Waals surface area (Å²) in [6.45, 7) is 6.36. The number of benzene rings is 2. The van der Waals surface area contributed by atoms with Crippen LogP contribution in [-0.4, -0.2) is 22.2 Å². The van der Waals surface area contributed by atoms with Crippen molar-refractivity contribution >= 4 is 11.6 Å². The number of hydrogen-bond acceptors (Lipinski definition) is 2. The lowest BCUT2D eigenvalue weighted by Gasteiger charge is -2.11. The van der Waals surface area contributed by atoms with Crippen LogP contribution in [0.25, 0.3) is 5.69 Å². The van der Waals surface area contributed by atoms with Gasteiger partial charge in [-0.15, -0.1) is 0 Å². The van der Waals surface area contributed by atoms with Crippen molar-refractivity contribution < 1.29 is 10.1 Å². The second kappa shape index (κ2) is 7.97. The number of carbonyl (C=O) groups excluding carboxylic acids is 1. The van der Waals surface area contributed by atoms with Gasteiger partial charge >= 0.3 is 0 Å². The highest BCUT2D eigenvalue weighted by Gasteiger charge is 2.17. The Hall–Kier alpha value is -2.92. The topological polar surface area (TPSA) is 63.5 Å². The Morgan fingerprint density at radius 2 is 1.69 bits per heavy atom. The molecule has 0 saturated carbocycles. The van der Waals surface area contributed by atoms with Gasteiger partial charge in [-0.05, 0) is 32.9 Å². The zero-order chi connectivity index (χ0) is 18.5. The number of hydrogen-bond donors (Lipinski definition) is 2. The highest BCUT2D eigenvalue weighted by Crippen LogP contribution is 2.22. The third kappa shape index (κ3) is 4.00. The maximum absolute atomic E-state index is 12.4. The van der Waals surface area contributed by atoms with Crippen LogP contribution in [0, 0.1) is 13.8 Å². The summed E-state index contributed by atoms with van der Waals surface area (Å²) in [7, 11) is 0. The number of carbonyl (C=O) groups is 1. The molecule has 0 bridgehead atoms. The van der Waals surface area contributed by atoms with Gasteiger partial charge in [-0.1, -0.05) is 48.5 Å². The molecule has 0 radical (unpaired) electrons. The number of nitrogens with two attached hydrogens (primary N) is 1. The first kappa shape index (κ1) is 17.9. The molecule has 3 aromatic rings. The Kier molecular flexibility index (Phi) is 5.49. The second-order valence-corrected chi connectivity index (χ2v) is 6.48. The van der Waals surface area contributed by atoms with Crippen molar-refractivity contribution in [3.05, 3.63) is 77.6 Å². The van der Waals surface area contributed by atoms with Crippen molar-refractivity contribution in [3.8, 4) is 5.69 Å². The molecule has 5 heteroatoms. The maximum atomic E-state index is 12.4. The minimum atomic E-state index is -0.0217. The Morgan fingerprint density at radius 3 is 2.35 bits per heavy atom. The van der Waals surface area contributed by atoms with Crippen LogP contribution in [-0.2, 0) is 4.79 Å². The summed E-state index contributed by atoms with van der Waals surface area (Å²) >= 11 is 0. The van der Waals surface area contributed by atoms with Crippen LogP contribution in [0.5, 0.6) is 0 Å². The van der Waals surface area contributed by atoms with Crippen LogP contribution in [0.4, 0.5) is 5.69 Å². The van der Waals surface area contributed by atoms with E-state index in [0.717, 1.165) is 22.8 Å². The van der Waals surface area contributed by atoms with Gasteiger partial charge in [-0.25, -0.2) is 4.68 Å². The van der Waals surface area contributed by atoms with Gasteiger partial charge in [0.25, 0.3) is 5.91 Å². The van der Waals surface area contributed by atoms with Crippen molar-refractivity contribution in [2.75, 3.05) is 11.9 Å². The van der Waals surface area contributed by atoms with E-state index in [2.05, 4.69) is 29.5 Å². The molecule has 1 atom stereocenters. The molecule has 0 saturated heterocycles. The molecule has 134 valence electrons. The molecular formula is C21H25N4O+. The average Bonchev–Trinajstić information content (AvgIpc) is 2.95. The number of amides is 1. The fourth-order valence-electron chi connectivity index (χ4n) is 3.01. The number of nitrogens with zero attached hydrogens (tertiary/aromatic N) is 2. The Bertz CT molecular complexity index is 872. The predicted octanol–water partition coefficient (Wildman–Crippen LogP) is 2.75. The van der Waals surface area contributed by atoms with Gasteiger partial charge in [-0.3, -0.25) is 4.79 Å². The van der Waals surface area contributed by atoms with E-state index in [9.17, 15) is 4.79 Å². The second-order valence-electron chi connectivity index (χ2n) is 6.48. The zero-order valence-corrected chi connectivity index (χ0v) is 15.4. The monoisotopic (exact) mass is 349 g/mol. The molecule has 0 aliphatic rings. The van der Waals surface area contributed by atoms with E-state index >= 15 is 0 Å². The Balaban J connectivity index is 1.65. The molecule has 0 aliphatic heterocycles. The van der Waals surface area contributed by atoms with E-state index in [4.69, 9.17) is 0 Å². The molecule has 1 heterocycles. The normalized spacial score (nSPS) is 12.0. The molecule has 2 aromatic carbocycles. The molecule has 5 nitrogen and oxygen atoms in total. The highest BCUT2D eigenvalue weighted by atomic mass is 16.1. The van der Waals surface area contributed by atoms with Gasteiger partial charge in [0, 0.05) is 5.56 Å². The molecule has 1 aromatic heterocycles. The van der Waals surface area contributed by atoms with Crippen molar-refractivity contribution in [3.63, 3.8) is 0 Å². The van der Waals surface area contributed by atoms with Crippen LogP contribution >= 0.6 is 0 Å². The Labute approximate surface area is 154 Å². The van der Waals surface area contributed by atoms with Crippen LogP contribution < -0.4 is 10.6 Å². The molecule has 3 rings (SSSR count). The summed E-state index contributed by atoms with van der Waals surface area (Å²) in [6, 6.07) is 20.4. The number of quaternary nitrogens is 1. The number of nitrogens with one attached hydrogen (secondary N) is 1. The SMILES string of the molecule is Cc1nn(-c2ccccc2)c(C)c1NC(=O)C[NH2+][C@@H](C)c1ccccc1. The molecule has 0 spiro atoms. The first-order chi connectivity index (χ1) is 12.6. The van der Waals surface area contributed by atoms with E-state index in [1.54, 1.807) is 0 Å². The Morgan fingerprint density at radius 1 is 1.08 bits per heavy atom. The van der Waals surface area contributed by atoms with Gasteiger partial charge in [-0.2, -0.15) is 5.10 Å². The molecule has 1 amide bonds. The highest BCUT2D eigenvalue weighted by molar-refractivity contribution is 5.92. The summed E-state index contributed by atoms with van der Waals surface area (Å²) in [4.78, 5) is 12.4. The number of aryl methyl sites for hydroxylation is 1. The fourth-order valence-corrected chi connectivity index (χ4v) is 3.01. The third-order valence-corrected chi connectivity index (χ3v) is 4.54. The van der Waals surface area contributed by atoms with Gasteiger partial charge in [0.1, 0.15) is 6.04 Å². The number of aromatic nitrogens is 2. The first-order valence-electron chi connectivity index (χ1n) is 8.86. The molecule has 0 aliphatic carbocycles. The fraction of sp³-hybridized carbons (Fsp3) is 0.238. The lowest BCUT2D eigenvalue weighted by Crippen LogP contribution is -2.86. The smallest absolute Gasteiger partial charge is 0.279 e. The van der Waals surface area contributed by atoms with Crippen molar-refractivity contribution in [2.24, 2.45) is 0 Å². The van der Waals surface area contributed by atoms with Gasteiger partial charge < -0.3 is 10.6 Å². The quantitative estimate of drug-likeness (QED) is 0.719. The first-order valence-corrected chi connectivity index (χ1v) is 8.86. The summed E-state index contributed by atoms with van der Waals surface area (Å²) in [5, 5.41) is 9.63. The largest absolute Gasteiger partial charge is 0.333 e. The van der Waals surface area contributed by atoms with Crippen molar-refractivity contribution in [1.29, 1.82) is 0 Å². The van der Waals surface area contributed by atoms with E-state index in [1.165, 1.54) is 5.56 Å². The summed E-state index contributed by atoms with van der Waals surface area (Å²) in [5.74, 6) is -0.0217. The van der Waals surface area contributed by atoms with Crippen molar-refractivity contribution in [1.82, 2.24) is 9.78 Å². The number of rotatable bonds is 6. The lowest BCUT2D eigenvalue weighted by molar-refractivity contribution is -0.682. The van der Waals surface area contributed by atoms with Gasteiger partial charge in [0.15, 0.2) is 6.54 Å². The molecular weight excluding hydrogens is 324 g/mol. The molecule has 0 fully saturated rings. The van der Waals surface area contributed by atoms with Gasteiger partial charge in [0.05, 0.1) is 22.8 Å². The maximum Gasteiger partial charge on any atom is 0.279 e. The summed E-state index contributed by atoms with van der Waals surface area (Å²) in [5.41, 5.74) is 4.73. The van der Waals surface area contributed by atoms with E-state index in [-0.39, 0.29) is 11.9 Å². The van der Waals surface area contributed by atoms with E-state index in [1.807, 2.05) is 72.4 Å². The van der Waals surface area contributed by atoms with E-state index < -0.39 is 0 Å². The van der Waals surface area contributed by atoms with Crippen LogP contribution in [0.15, 0.2) is 60.7 Å². The standard InChI is InChI=1S/C21H24N4O/c1-15(18-10-6-4-7-11-18)22-14-20(26)23-21-16(2)24-25(17(21)3)19-12-8-5-9-13-19/h4-13,15,22H,14H2,1-3H3,(H,23,26)/p+1/t15-/m0/s1. The average molecular weight is 349 g/mol. The van der Waals surface area contributed by atoms with Crippen molar-refractivity contribution in [2.45, 2.75) is 26.8 Å². The van der Waals surface area contributed by atoms with Crippen LogP contribution in [0.3, 0.4) is 0 Å². The zero-order valence-electron chi connectivity index (χ0n) is 15.4. The summed E-state index contributed by atoms with van der Waals surface area (Å²) < 4.78 is 1.86. The third-order valence-electron chi connectivity index (χ3n) is 4.54. The van der Waals surface area contributed by atoms with Crippen LogP contribution in [0.1, 0.15) is 29.9 Å². The lowest BCUT2D eigenvalue weighted by atomic mass is 10.1. The number of para-hydroxylation sites is 1. The minimum absolute atomic E-state index is 0.0217. The van der Waals surface area contributed by atoms with E-state index in [0.29, 0.717) is 6.54 Å².